The first-order valence-electron chi connectivity index (χ1n) is 5.64. The second kappa shape index (κ2) is 5.59. The first-order chi connectivity index (χ1) is 9.43. The molecule has 8 heteroatoms. The number of esters is 1. The molecule has 2 heterocycles. The number of hydrogen-bond donors (Lipinski definition) is 2. The Morgan fingerprint density at radius 3 is 2.65 bits per heavy atom. The van der Waals surface area contributed by atoms with Crippen LogP contribution in [-0.4, -0.2) is 24.0 Å². The van der Waals surface area contributed by atoms with Crippen LogP contribution in [0.25, 0.3) is 0 Å². The van der Waals surface area contributed by atoms with Gasteiger partial charge in [-0.3, -0.25) is 4.79 Å². The number of hydrogen-bond acceptors (Lipinski definition) is 7. The van der Waals surface area contributed by atoms with Crippen LogP contribution in [0.1, 0.15) is 31.3 Å². The van der Waals surface area contributed by atoms with Crippen molar-refractivity contribution in [3.8, 4) is 0 Å². The van der Waals surface area contributed by atoms with Crippen LogP contribution in [0.5, 0.6) is 0 Å². The van der Waals surface area contributed by atoms with Gasteiger partial charge in [-0.05, 0) is 19.4 Å². The first-order valence-corrected chi connectivity index (χ1v) is 7.34. The van der Waals surface area contributed by atoms with E-state index in [9.17, 15) is 9.59 Å². The van der Waals surface area contributed by atoms with Gasteiger partial charge in [0.25, 0.3) is 5.91 Å². The zero-order valence-electron chi connectivity index (χ0n) is 11.1. The Labute approximate surface area is 123 Å². The van der Waals surface area contributed by atoms with Gasteiger partial charge in [0.15, 0.2) is 5.13 Å². The fourth-order valence-corrected chi connectivity index (χ4v) is 3.21. The van der Waals surface area contributed by atoms with Gasteiger partial charge in [-0.2, -0.15) is 0 Å². The van der Waals surface area contributed by atoms with Gasteiger partial charge in [-0.25, -0.2) is 9.78 Å². The molecule has 0 spiro atoms. The molecule has 0 aliphatic rings. The summed E-state index contributed by atoms with van der Waals surface area (Å²) in [6.45, 7) is 3.69. The van der Waals surface area contributed by atoms with E-state index < -0.39 is 11.9 Å². The third-order valence-electron chi connectivity index (χ3n) is 2.76. The van der Waals surface area contributed by atoms with Crippen molar-refractivity contribution in [2.45, 2.75) is 13.8 Å². The lowest BCUT2D eigenvalue weighted by Gasteiger charge is -2.04. The quantitative estimate of drug-likeness (QED) is 0.849. The second-order valence-corrected chi connectivity index (χ2v) is 6.12. The molecule has 0 atom stereocenters. The minimum atomic E-state index is -0.472. The number of thiazole rings is 1. The van der Waals surface area contributed by atoms with Crippen molar-refractivity contribution in [2.75, 3.05) is 18.2 Å². The van der Waals surface area contributed by atoms with Crippen molar-refractivity contribution >= 4 is 44.7 Å². The maximum atomic E-state index is 12.0. The Morgan fingerprint density at radius 1 is 1.40 bits per heavy atom. The van der Waals surface area contributed by atoms with Crippen LogP contribution < -0.4 is 11.1 Å². The van der Waals surface area contributed by atoms with Crippen molar-refractivity contribution < 1.29 is 14.3 Å². The molecule has 2 aromatic rings. The Morgan fingerprint density at radius 2 is 2.10 bits per heavy atom. The summed E-state index contributed by atoms with van der Waals surface area (Å²) in [5.74, 6) is -0.871. The van der Waals surface area contributed by atoms with E-state index in [-0.39, 0.29) is 5.69 Å². The number of anilines is 2. The number of carbonyl (C=O) groups is 2. The zero-order chi connectivity index (χ0) is 14.9. The van der Waals surface area contributed by atoms with Crippen LogP contribution in [0.2, 0.25) is 0 Å². The number of ether oxygens (including phenoxy) is 1. The predicted octanol–water partition coefficient (Wildman–Crippen LogP) is 2.44. The zero-order valence-corrected chi connectivity index (χ0v) is 12.8. The van der Waals surface area contributed by atoms with E-state index >= 15 is 0 Å². The molecule has 0 unspecified atom stereocenters. The van der Waals surface area contributed by atoms with Crippen molar-refractivity contribution in [2.24, 2.45) is 0 Å². The van der Waals surface area contributed by atoms with Crippen molar-refractivity contribution in [1.82, 2.24) is 4.98 Å². The first kappa shape index (κ1) is 14.5. The number of nitrogens with zero attached hydrogens (tertiary/aromatic N) is 1. The molecule has 0 aliphatic carbocycles. The molecule has 0 saturated heterocycles. The Hall–Kier alpha value is -1.93. The van der Waals surface area contributed by atoms with E-state index in [1.165, 1.54) is 29.8 Å². The van der Waals surface area contributed by atoms with Gasteiger partial charge in [-0.1, -0.05) is 0 Å². The highest BCUT2D eigenvalue weighted by Gasteiger charge is 2.22. The van der Waals surface area contributed by atoms with Gasteiger partial charge >= 0.3 is 5.97 Å². The Balaban J connectivity index is 2.32. The van der Waals surface area contributed by atoms with E-state index in [4.69, 9.17) is 10.5 Å². The maximum Gasteiger partial charge on any atom is 0.341 e. The highest BCUT2D eigenvalue weighted by atomic mass is 32.1. The van der Waals surface area contributed by atoms with Crippen LogP contribution >= 0.6 is 22.7 Å². The number of rotatable bonds is 3. The minimum Gasteiger partial charge on any atom is -0.465 e. The summed E-state index contributed by atoms with van der Waals surface area (Å²) in [5, 5.41) is 5.03. The number of nitrogens with two attached hydrogens (primary N) is 1. The van der Waals surface area contributed by atoms with E-state index in [1.54, 1.807) is 5.38 Å². The largest absolute Gasteiger partial charge is 0.465 e. The van der Waals surface area contributed by atoms with E-state index in [0.717, 1.165) is 10.4 Å². The number of methoxy groups -OCH3 is 1. The number of nitrogens with one attached hydrogen (secondary N) is 1. The van der Waals surface area contributed by atoms with Crippen LogP contribution in [0.3, 0.4) is 0 Å². The van der Waals surface area contributed by atoms with Gasteiger partial charge in [0.1, 0.15) is 10.7 Å². The van der Waals surface area contributed by atoms with Gasteiger partial charge < -0.3 is 15.8 Å². The van der Waals surface area contributed by atoms with E-state index in [2.05, 4.69) is 10.3 Å². The van der Waals surface area contributed by atoms with Crippen LogP contribution in [0.15, 0.2) is 5.38 Å². The van der Waals surface area contributed by atoms with E-state index in [1.807, 2.05) is 13.8 Å². The predicted molar refractivity (Wildman–Crippen MR) is 79.6 cm³/mol. The van der Waals surface area contributed by atoms with Crippen molar-refractivity contribution in [1.29, 1.82) is 0 Å². The standard InChI is InChI=1S/C12H13N3O3S2/c1-5-6(2)20-10(8(5)11(17)18-3)15-9(16)7-4-19-12(13)14-7/h4H,1-3H3,(H2,13,14)(H,15,16). The van der Waals surface area contributed by atoms with Crippen molar-refractivity contribution in [3.05, 3.63) is 27.1 Å². The fraction of sp³-hybridized carbons (Fsp3) is 0.250. The Bertz CT molecular complexity index is 676. The van der Waals surface area contributed by atoms with Crippen LogP contribution in [0, 0.1) is 13.8 Å². The van der Waals surface area contributed by atoms with Gasteiger partial charge in [-0.15, -0.1) is 22.7 Å². The van der Waals surface area contributed by atoms with Crippen LogP contribution in [0.4, 0.5) is 10.1 Å². The van der Waals surface area contributed by atoms with Gasteiger partial charge in [0.05, 0.1) is 12.7 Å². The van der Waals surface area contributed by atoms with Gasteiger partial charge in [0, 0.05) is 10.3 Å². The van der Waals surface area contributed by atoms with Crippen molar-refractivity contribution in [3.63, 3.8) is 0 Å². The number of thiophene rings is 1. The highest BCUT2D eigenvalue weighted by Crippen LogP contribution is 2.33. The summed E-state index contributed by atoms with van der Waals surface area (Å²) in [5.41, 5.74) is 6.90. The fourth-order valence-electron chi connectivity index (χ4n) is 1.62. The summed E-state index contributed by atoms with van der Waals surface area (Å²) in [6, 6.07) is 0. The monoisotopic (exact) mass is 311 g/mol. The molecule has 0 bridgehead atoms. The molecular formula is C12H13N3O3S2. The topological polar surface area (TPSA) is 94.3 Å². The molecule has 0 saturated carbocycles. The van der Waals surface area contributed by atoms with Crippen LogP contribution in [-0.2, 0) is 4.74 Å². The normalized spacial score (nSPS) is 10.3. The average Bonchev–Trinajstić information content (AvgIpc) is 2.94. The average molecular weight is 311 g/mol. The number of amides is 1. The lowest BCUT2D eigenvalue weighted by Crippen LogP contribution is -2.14. The number of carbonyl (C=O) groups excluding carboxylic acids is 2. The summed E-state index contributed by atoms with van der Waals surface area (Å²) >= 11 is 2.51. The second-order valence-electron chi connectivity index (χ2n) is 4.00. The lowest BCUT2D eigenvalue weighted by atomic mass is 10.1. The molecule has 2 aromatic heterocycles. The smallest absolute Gasteiger partial charge is 0.341 e. The molecule has 0 aliphatic heterocycles. The summed E-state index contributed by atoms with van der Waals surface area (Å²) in [6.07, 6.45) is 0. The van der Waals surface area contributed by atoms with E-state index in [0.29, 0.717) is 15.7 Å². The van der Waals surface area contributed by atoms with Gasteiger partial charge in [0.2, 0.25) is 0 Å². The lowest BCUT2D eigenvalue weighted by molar-refractivity contribution is 0.0601. The molecule has 1 amide bonds. The minimum absolute atomic E-state index is 0.229. The SMILES string of the molecule is COC(=O)c1c(NC(=O)c2csc(N)n2)sc(C)c1C. The summed E-state index contributed by atoms with van der Waals surface area (Å²) in [4.78, 5) is 28.7. The summed E-state index contributed by atoms with van der Waals surface area (Å²) in [7, 11) is 1.31. The number of aromatic nitrogens is 1. The maximum absolute atomic E-state index is 12.0. The third kappa shape index (κ3) is 2.66. The summed E-state index contributed by atoms with van der Waals surface area (Å²) < 4.78 is 4.75. The Kier molecular flexibility index (Phi) is 4.05. The molecule has 20 heavy (non-hydrogen) atoms. The molecule has 0 radical (unpaired) electrons. The highest BCUT2D eigenvalue weighted by molar-refractivity contribution is 7.17. The molecular weight excluding hydrogens is 298 g/mol. The molecule has 2 rings (SSSR count). The molecule has 106 valence electrons. The molecule has 0 aromatic carbocycles. The molecule has 6 nitrogen and oxygen atoms in total. The number of aryl methyl sites for hydroxylation is 1. The molecule has 3 N–H and O–H groups in total. The number of nitrogen functional groups attached to an aromatic ring is 1. The third-order valence-corrected chi connectivity index (χ3v) is 4.55. The molecule has 0 fully saturated rings.